The third kappa shape index (κ3) is 3.48. The zero-order valence-electron chi connectivity index (χ0n) is 11.9. The van der Waals surface area contributed by atoms with E-state index in [1.54, 1.807) is 27.7 Å². The molecule has 0 radical (unpaired) electrons. The van der Waals surface area contributed by atoms with Crippen LogP contribution in [0.15, 0.2) is 12.1 Å². The largest absolute Gasteiger partial charge is 0.502 e. The van der Waals surface area contributed by atoms with Gasteiger partial charge >= 0.3 is 7.12 Å². The highest BCUT2D eigenvalue weighted by Crippen LogP contribution is 2.26. The molecule has 0 atom stereocenters. The summed E-state index contributed by atoms with van der Waals surface area (Å²) in [5, 5.41) is 21.1. The predicted octanol–water partition coefficient (Wildman–Crippen LogP) is 1.07. The highest BCUT2D eigenvalue weighted by atomic mass is 32.1. The fraction of sp³-hybridized carbons (Fsp3) is 0.667. The molecule has 2 N–H and O–H groups in total. The summed E-state index contributed by atoms with van der Waals surface area (Å²) >= 11 is 1.47. The number of anilines is 1. The minimum Gasteiger partial charge on any atom is -0.423 e. The molecule has 0 aliphatic carbocycles. The predicted molar refractivity (Wildman–Crippen MR) is 77.7 cm³/mol. The lowest BCUT2D eigenvalue weighted by atomic mass is 9.82. The molecule has 0 saturated carbocycles. The lowest BCUT2D eigenvalue weighted by Gasteiger charge is -2.38. The van der Waals surface area contributed by atoms with E-state index in [4.69, 9.17) is 4.65 Å². The lowest BCUT2D eigenvalue weighted by Crippen LogP contribution is -2.52. The Morgan fingerprint density at radius 1 is 1.22 bits per heavy atom. The van der Waals surface area contributed by atoms with Gasteiger partial charge in [-0.25, -0.2) is 0 Å². The maximum Gasteiger partial charge on any atom is 0.502 e. The fourth-order valence-corrected chi connectivity index (χ4v) is 2.04. The molecule has 0 unspecified atom stereocenters. The number of rotatable bonds is 5. The van der Waals surface area contributed by atoms with Crippen LogP contribution in [0.5, 0.6) is 0 Å². The molecule has 0 aromatic carbocycles. The summed E-state index contributed by atoms with van der Waals surface area (Å²) in [5.74, 6) is 0. The van der Waals surface area contributed by atoms with E-state index in [0.29, 0.717) is 0 Å². The molecule has 4 nitrogen and oxygen atoms in total. The van der Waals surface area contributed by atoms with Crippen molar-refractivity contribution in [1.82, 2.24) is 0 Å². The summed E-state index contributed by atoms with van der Waals surface area (Å²) in [4.78, 5) is 1.97. The molecule has 0 bridgehead atoms. The molecule has 1 aromatic rings. The first-order valence-corrected chi connectivity index (χ1v) is 6.71. The van der Waals surface area contributed by atoms with Gasteiger partial charge in [-0.15, -0.1) is 11.3 Å². The van der Waals surface area contributed by atoms with Gasteiger partial charge in [0.2, 0.25) is 0 Å². The van der Waals surface area contributed by atoms with Gasteiger partial charge in [0, 0.05) is 18.9 Å². The van der Waals surface area contributed by atoms with Crippen molar-refractivity contribution in [3.8, 4) is 0 Å². The van der Waals surface area contributed by atoms with Crippen LogP contribution < -0.4 is 9.68 Å². The Labute approximate surface area is 113 Å². The van der Waals surface area contributed by atoms with E-state index >= 15 is 0 Å². The van der Waals surface area contributed by atoms with E-state index < -0.39 is 18.3 Å². The summed E-state index contributed by atoms with van der Waals surface area (Å²) in [6.07, 6.45) is 0. The quantitative estimate of drug-likeness (QED) is 0.786. The number of thiophene rings is 1. The summed E-state index contributed by atoms with van der Waals surface area (Å²) < 4.78 is 6.31. The first-order valence-electron chi connectivity index (χ1n) is 5.90. The molecule has 1 heterocycles. The van der Waals surface area contributed by atoms with Gasteiger partial charge in [-0.05, 0) is 39.8 Å². The van der Waals surface area contributed by atoms with E-state index in [9.17, 15) is 10.1 Å². The van der Waals surface area contributed by atoms with E-state index in [1.165, 1.54) is 11.3 Å². The van der Waals surface area contributed by atoms with Gasteiger partial charge < -0.3 is 19.7 Å². The Balaban J connectivity index is 2.79. The van der Waals surface area contributed by atoms with Crippen molar-refractivity contribution in [3.63, 3.8) is 0 Å². The molecule has 0 amide bonds. The van der Waals surface area contributed by atoms with E-state index in [2.05, 4.69) is 0 Å². The van der Waals surface area contributed by atoms with Crippen LogP contribution >= 0.6 is 11.3 Å². The maximum absolute atomic E-state index is 10.1. The molecule has 0 aliphatic rings. The van der Waals surface area contributed by atoms with Crippen molar-refractivity contribution in [2.24, 2.45) is 0 Å². The van der Waals surface area contributed by atoms with Crippen LogP contribution in [-0.4, -0.2) is 42.5 Å². The highest BCUT2D eigenvalue weighted by Gasteiger charge is 2.39. The van der Waals surface area contributed by atoms with Gasteiger partial charge in [-0.3, -0.25) is 0 Å². The normalized spacial score (nSPS) is 12.7. The Morgan fingerprint density at radius 3 is 2.17 bits per heavy atom. The second-order valence-electron chi connectivity index (χ2n) is 5.61. The highest BCUT2D eigenvalue weighted by molar-refractivity contribution is 7.25. The van der Waals surface area contributed by atoms with E-state index in [0.717, 1.165) is 9.78 Å². The Hall–Kier alpha value is -0.555. The molecule has 1 aromatic heterocycles. The minimum absolute atomic E-state index is 0.732. The topological polar surface area (TPSA) is 52.9 Å². The number of hydrogen-bond acceptors (Lipinski definition) is 5. The van der Waals surface area contributed by atoms with Crippen LogP contribution in [-0.2, 0) is 4.65 Å². The average Bonchev–Trinajstić information content (AvgIpc) is 2.63. The van der Waals surface area contributed by atoms with Crippen LogP contribution in [0.1, 0.15) is 27.7 Å². The van der Waals surface area contributed by atoms with Gasteiger partial charge in [0.05, 0.1) is 16.2 Å². The van der Waals surface area contributed by atoms with Gasteiger partial charge in [-0.1, -0.05) is 0 Å². The Bertz CT molecular complexity index is 398. The number of nitrogens with zero attached hydrogens (tertiary/aromatic N) is 1. The van der Waals surface area contributed by atoms with Crippen molar-refractivity contribution in [2.45, 2.75) is 38.9 Å². The molecule has 0 fully saturated rings. The van der Waals surface area contributed by atoms with Crippen LogP contribution in [0.2, 0.25) is 0 Å². The second kappa shape index (κ2) is 5.21. The fourth-order valence-electron chi connectivity index (χ4n) is 1.20. The SMILES string of the molecule is CN(C)c1ccc(B(O)OC(C)(C)C(C)(C)O)s1. The lowest BCUT2D eigenvalue weighted by molar-refractivity contribution is -0.0981. The summed E-state index contributed by atoms with van der Waals surface area (Å²) in [7, 11) is 2.87. The molecule has 0 aliphatic heterocycles. The standard InChI is InChI=1S/C12H22BNO3S/c1-11(2,15)12(3,4)17-13(16)9-7-8-10(18-9)14(5)6/h7-8,15-16H,1-6H3. The summed E-state index contributed by atoms with van der Waals surface area (Å²) in [6.45, 7) is 6.85. The van der Waals surface area contributed by atoms with E-state index in [-0.39, 0.29) is 0 Å². The molecule has 1 rings (SSSR count). The molecule has 6 heteroatoms. The second-order valence-corrected chi connectivity index (χ2v) is 6.70. The first kappa shape index (κ1) is 15.5. The van der Waals surface area contributed by atoms with Crippen LogP contribution in [0.25, 0.3) is 0 Å². The van der Waals surface area contributed by atoms with Crippen LogP contribution in [0.3, 0.4) is 0 Å². The zero-order valence-corrected chi connectivity index (χ0v) is 12.7. The monoisotopic (exact) mass is 271 g/mol. The van der Waals surface area contributed by atoms with Crippen molar-refractivity contribution < 1.29 is 14.8 Å². The molecule has 0 saturated heterocycles. The van der Waals surface area contributed by atoms with Crippen LogP contribution in [0, 0.1) is 0 Å². The molecule has 102 valence electrons. The molecule has 0 spiro atoms. The van der Waals surface area contributed by atoms with Gasteiger partial charge in [0.25, 0.3) is 0 Å². The van der Waals surface area contributed by atoms with Crippen molar-refractivity contribution in [2.75, 3.05) is 19.0 Å². The summed E-state index contributed by atoms with van der Waals surface area (Å²) in [6, 6.07) is 3.77. The first-order chi connectivity index (χ1) is 8.04. The van der Waals surface area contributed by atoms with Crippen LogP contribution in [0.4, 0.5) is 5.00 Å². The smallest absolute Gasteiger partial charge is 0.423 e. The number of aliphatic hydroxyl groups is 1. The van der Waals surface area contributed by atoms with Gasteiger partial charge in [0.15, 0.2) is 0 Å². The van der Waals surface area contributed by atoms with Crippen molar-refractivity contribution >= 4 is 28.2 Å². The molecule has 18 heavy (non-hydrogen) atoms. The third-order valence-corrected chi connectivity index (χ3v) is 4.46. The van der Waals surface area contributed by atoms with Gasteiger partial charge in [-0.2, -0.15) is 0 Å². The molecular formula is C12H22BNO3S. The van der Waals surface area contributed by atoms with Crippen molar-refractivity contribution in [1.29, 1.82) is 0 Å². The summed E-state index contributed by atoms with van der Waals surface area (Å²) in [5.41, 5.74) is -1.87. The van der Waals surface area contributed by atoms with E-state index in [1.807, 2.05) is 31.1 Å². The van der Waals surface area contributed by atoms with Crippen molar-refractivity contribution in [3.05, 3.63) is 12.1 Å². The zero-order chi connectivity index (χ0) is 14.1. The average molecular weight is 271 g/mol. The molecular weight excluding hydrogens is 249 g/mol. The Kier molecular flexibility index (Phi) is 4.49. The maximum atomic E-state index is 10.1. The number of hydrogen-bond donors (Lipinski definition) is 2. The Morgan fingerprint density at radius 2 is 1.78 bits per heavy atom. The third-order valence-electron chi connectivity index (χ3n) is 3.18. The van der Waals surface area contributed by atoms with Gasteiger partial charge in [0.1, 0.15) is 0 Å². The minimum atomic E-state index is -1.03.